The maximum Gasteiger partial charge on any atom is 0.177 e. The molecule has 1 aliphatic carbocycles. The van der Waals surface area contributed by atoms with E-state index >= 15 is 0 Å². The van der Waals surface area contributed by atoms with Crippen molar-refractivity contribution in [3.05, 3.63) is 36.1 Å². The standard InChI is InChI=1S/C16H17N3OS/c1-4-8-14-11(5-1)9-15(20-14)13-10-21-16(19-18-13)17-12-6-2-3-7-12/h1,4-5,8-9,12H,2-3,6-7,10H2,(H,17,19). The average molecular weight is 299 g/mol. The second-order valence-corrected chi connectivity index (χ2v) is 6.44. The second kappa shape index (κ2) is 5.56. The molecule has 1 fully saturated rings. The molecule has 0 atom stereocenters. The molecule has 1 N–H and O–H groups in total. The van der Waals surface area contributed by atoms with Gasteiger partial charge in [0, 0.05) is 11.1 Å². The van der Waals surface area contributed by atoms with Crippen LogP contribution in [0.1, 0.15) is 31.4 Å². The first kappa shape index (κ1) is 13.0. The molecule has 2 aliphatic rings. The SMILES string of the molecule is c1ccc2oc(C3=NNC(=NC4CCCC4)SC3)cc2c1. The monoisotopic (exact) mass is 299 g/mol. The molecule has 1 aliphatic heterocycles. The van der Waals surface area contributed by atoms with Crippen LogP contribution in [0.4, 0.5) is 0 Å². The van der Waals surface area contributed by atoms with Gasteiger partial charge in [-0.25, -0.2) is 0 Å². The van der Waals surface area contributed by atoms with E-state index in [-0.39, 0.29) is 0 Å². The first-order chi connectivity index (χ1) is 10.4. The van der Waals surface area contributed by atoms with Crippen LogP contribution < -0.4 is 5.43 Å². The average Bonchev–Trinajstić information content (AvgIpc) is 3.16. The van der Waals surface area contributed by atoms with E-state index in [1.165, 1.54) is 25.7 Å². The lowest BCUT2D eigenvalue weighted by atomic mass is 10.2. The number of amidine groups is 1. The fraction of sp³-hybridized carbons (Fsp3) is 0.375. The number of nitrogens with zero attached hydrogens (tertiary/aromatic N) is 2. The molecule has 4 nitrogen and oxygen atoms in total. The van der Waals surface area contributed by atoms with Crippen molar-refractivity contribution in [1.29, 1.82) is 0 Å². The lowest BCUT2D eigenvalue weighted by molar-refractivity contribution is 0.603. The zero-order valence-corrected chi connectivity index (χ0v) is 12.5. The first-order valence-electron chi connectivity index (χ1n) is 7.40. The van der Waals surface area contributed by atoms with E-state index in [2.05, 4.69) is 22.7 Å². The Hall–Kier alpha value is -1.75. The summed E-state index contributed by atoms with van der Waals surface area (Å²) in [5.74, 6) is 1.65. The summed E-state index contributed by atoms with van der Waals surface area (Å²) in [6.45, 7) is 0. The molecule has 1 saturated carbocycles. The third kappa shape index (κ3) is 2.70. The Morgan fingerprint density at radius 1 is 1.24 bits per heavy atom. The Labute approximate surface area is 127 Å². The fourth-order valence-corrected chi connectivity index (χ4v) is 3.65. The van der Waals surface area contributed by atoms with Gasteiger partial charge in [0.1, 0.15) is 11.3 Å². The minimum Gasteiger partial charge on any atom is -0.455 e. The minimum absolute atomic E-state index is 0.489. The molecule has 2 aromatic rings. The number of fused-ring (bicyclic) bond motifs is 1. The molecule has 0 amide bonds. The highest BCUT2D eigenvalue weighted by atomic mass is 32.2. The third-order valence-electron chi connectivity index (χ3n) is 3.97. The van der Waals surface area contributed by atoms with E-state index in [0.29, 0.717) is 6.04 Å². The van der Waals surface area contributed by atoms with E-state index in [1.807, 2.05) is 18.2 Å². The quantitative estimate of drug-likeness (QED) is 0.918. The van der Waals surface area contributed by atoms with Crippen molar-refractivity contribution in [1.82, 2.24) is 5.43 Å². The summed E-state index contributed by atoms with van der Waals surface area (Å²) in [4.78, 5) is 4.74. The van der Waals surface area contributed by atoms with Crippen molar-refractivity contribution in [2.24, 2.45) is 10.1 Å². The topological polar surface area (TPSA) is 49.9 Å². The molecule has 21 heavy (non-hydrogen) atoms. The van der Waals surface area contributed by atoms with Gasteiger partial charge in [0.2, 0.25) is 0 Å². The zero-order valence-electron chi connectivity index (χ0n) is 11.7. The second-order valence-electron chi connectivity index (χ2n) is 5.48. The van der Waals surface area contributed by atoms with Gasteiger partial charge >= 0.3 is 0 Å². The van der Waals surface area contributed by atoms with E-state index in [1.54, 1.807) is 11.8 Å². The molecule has 1 aromatic heterocycles. The van der Waals surface area contributed by atoms with Gasteiger partial charge in [-0.2, -0.15) is 5.10 Å². The highest BCUT2D eigenvalue weighted by molar-refractivity contribution is 8.14. The summed E-state index contributed by atoms with van der Waals surface area (Å²) >= 11 is 1.71. The number of rotatable bonds is 2. The van der Waals surface area contributed by atoms with E-state index in [9.17, 15) is 0 Å². The number of nitrogens with one attached hydrogen (secondary N) is 1. The Kier molecular flexibility index (Phi) is 3.43. The summed E-state index contributed by atoms with van der Waals surface area (Å²) < 4.78 is 5.85. The number of benzene rings is 1. The maximum atomic E-state index is 5.85. The van der Waals surface area contributed by atoms with Crippen LogP contribution in [-0.2, 0) is 0 Å². The molecule has 1 aromatic carbocycles. The lowest BCUT2D eigenvalue weighted by Gasteiger charge is -2.14. The van der Waals surface area contributed by atoms with Crippen molar-refractivity contribution in [2.75, 3.05) is 5.75 Å². The van der Waals surface area contributed by atoms with Gasteiger partial charge in [-0.15, -0.1) is 0 Å². The predicted molar refractivity (Wildman–Crippen MR) is 88.0 cm³/mol. The van der Waals surface area contributed by atoms with Gasteiger partial charge in [0.25, 0.3) is 0 Å². The Balaban J connectivity index is 1.53. The molecular formula is C16H17N3OS. The normalized spacial score (nSPS) is 21.7. The molecule has 5 heteroatoms. The van der Waals surface area contributed by atoms with Crippen LogP contribution in [0.3, 0.4) is 0 Å². The number of para-hydroxylation sites is 1. The molecule has 0 radical (unpaired) electrons. The van der Waals surface area contributed by atoms with Gasteiger partial charge in [0.15, 0.2) is 10.9 Å². The third-order valence-corrected chi connectivity index (χ3v) is 4.85. The zero-order chi connectivity index (χ0) is 14.1. The van der Waals surface area contributed by atoms with E-state index in [0.717, 1.165) is 33.4 Å². The van der Waals surface area contributed by atoms with Gasteiger partial charge in [-0.3, -0.25) is 10.4 Å². The molecule has 0 saturated heterocycles. The van der Waals surface area contributed by atoms with Crippen LogP contribution in [0, 0.1) is 0 Å². The van der Waals surface area contributed by atoms with E-state index in [4.69, 9.17) is 9.41 Å². The molecular weight excluding hydrogens is 282 g/mol. The number of thioether (sulfide) groups is 1. The van der Waals surface area contributed by atoms with Crippen molar-refractivity contribution < 1.29 is 4.42 Å². The van der Waals surface area contributed by atoms with Gasteiger partial charge in [-0.05, 0) is 25.0 Å². The minimum atomic E-state index is 0.489. The number of hydrazone groups is 1. The molecule has 0 unspecified atom stereocenters. The van der Waals surface area contributed by atoms with Gasteiger partial charge in [-0.1, -0.05) is 42.8 Å². The largest absolute Gasteiger partial charge is 0.455 e. The van der Waals surface area contributed by atoms with Gasteiger partial charge < -0.3 is 4.42 Å². The highest BCUT2D eigenvalue weighted by Crippen LogP contribution is 2.24. The Morgan fingerprint density at radius 2 is 2.10 bits per heavy atom. The summed E-state index contributed by atoms with van der Waals surface area (Å²) in [6.07, 6.45) is 5.04. The van der Waals surface area contributed by atoms with Crippen LogP contribution in [-0.4, -0.2) is 22.7 Å². The predicted octanol–water partition coefficient (Wildman–Crippen LogP) is 3.77. The van der Waals surface area contributed by atoms with Crippen molar-refractivity contribution in [3.8, 4) is 0 Å². The lowest BCUT2D eigenvalue weighted by Crippen LogP contribution is -2.26. The van der Waals surface area contributed by atoms with Crippen molar-refractivity contribution in [2.45, 2.75) is 31.7 Å². The van der Waals surface area contributed by atoms with Crippen LogP contribution in [0.5, 0.6) is 0 Å². The molecule has 0 spiro atoms. The molecule has 0 bridgehead atoms. The highest BCUT2D eigenvalue weighted by Gasteiger charge is 2.19. The first-order valence-corrected chi connectivity index (χ1v) is 8.39. The van der Waals surface area contributed by atoms with Crippen molar-refractivity contribution in [3.63, 3.8) is 0 Å². The van der Waals surface area contributed by atoms with Crippen LogP contribution in [0.25, 0.3) is 11.0 Å². The van der Waals surface area contributed by atoms with Crippen molar-refractivity contribution >= 4 is 33.6 Å². The number of hydrogen-bond acceptors (Lipinski definition) is 4. The van der Waals surface area contributed by atoms with Crippen LogP contribution in [0.15, 0.2) is 44.8 Å². The van der Waals surface area contributed by atoms with Crippen LogP contribution in [0.2, 0.25) is 0 Å². The van der Waals surface area contributed by atoms with Crippen LogP contribution >= 0.6 is 11.8 Å². The maximum absolute atomic E-state index is 5.85. The molecule has 108 valence electrons. The molecule has 2 heterocycles. The van der Waals surface area contributed by atoms with E-state index < -0.39 is 0 Å². The summed E-state index contributed by atoms with van der Waals surface area (Å²) in [5.41, 5.74) is 4.93. The Morgan fingerprint density at radius 3 is 2.86 bits per heavy atom. The summed E-state index contributed by atoms with van der Waals surface area (Å²) in [7, 11) is 0. The summed E-state index contributed by atoms with van der Waals surface area (Å²) in [6, 6.07) is 10.6. The number of aliphatic imine (C=N–C) groups is 1. The number of hydrogen-bond donors (Lipinski definition) is 1. The Bertz CT molecular complexity index is 680. The summed E-state index contributed by atoms with van der Waals surface area (Å²) in [5, 5.41) is 6.50. The fourth-order valence-electron chi connectivity index (χ4n) is 2.83. The molecule has 4 rings (SSSR count). The van der Waals surface area contributed by atoms with Gasteiger partial charge in [0.05, 0.1) is 6.04 Å². The smallest absolute Gasteiger partial charge is 0.177 e. The number of furan rings is 1.